The van der Waals surface area contributed by atoms with Gasteiger partial charge in [-0.05, 0) is 25.8 Å². The van der Waals surface area contributed by atoms with Crippen molar-refractivity contribution < 1.29 is 9.90 Å². The minimum atomic E-state index is 0.0331. The third-order valence-corrected chi connectivity index (χ3v) is 2.98. The lowest BCUT2D eigenvalue weighted by molar-refractivity contribution is -0.119. The van der Waals surface area contributed by atoms with Gasteiger partial charge in [0.1, 0.15) is 0 Å². The molecule has 1 rings (SSSR count). The average Bonchev–Trinajstić information content (AvgIpc) is 2.20. The van der Waals surface area contributed by atoms with Crippen LogP contribution in [0.5, 0.6) is 0 Å². The lowest BCUT2D eigenvalue weighted by atomic mass is 10.00. The molecule has 0 spiro atoms. The second kappa shape index (κ2) is 6.80. The molecule has 0 aromatic carbocycles. The van der Waals surface area contributed by atoms with Gasteiger partial charge in [0, 0.05) is 32.7 Å². The smallest absolute Gasteiger partial charge is 0.216 e. The van der Waals surface area contributed by atoms with Gasteiger partial charge >= 0.3 is 0 Å². The average molecular weight is 214 g/mol. The number of likely N-dealkylation sites (tertiary alicyclic amines) is 1. The van der Waals surface area contributed by atoms with Crippen molar-refractivity contribution in [3.05, 3.63) is 0 Å². The normalized spacial score (nSPS) is 22.7. The number of nitrogens with one attached hydrogen (secondary N) is 1. The van der Waals surface area contributed by atoms with Gasteiger partial charge in [-0.3, -0.25) is 9.69 Å². The van der Waals surface area contributed by atoms with Gasteiger partial charge < -0.3 is 10.4 Å². The van der Waals surface area contributed by atoms with E-state index in [1.165, 1.54) is 19.3 Å². The molecule has 1 heterocycles. The highest BCUT2D eigenvalue weighted by Crippen LogP contribution is 2.18. The summed E-state index contributed by atoms with van der Waals surface area (Å²) in [5, 5.41) is 11.8. The van der Waals surface area contributed by atoms with E-state index < -0.39 is 0 Å². The van der Waals surface area contributed by atoms with Gasteiger partial charge in [-0.2, -0.15) is 0 Å². The number of rotatable bonds is 5. The third-order valence-electron chi connectivity index (χ3n) is 2.98. The number of aliphatic hydroxyl groups excluding tert-OH is 1. The molecule has 4 nitrogen and oxygen atoms in total. The Morgan fingerprint density at radius 3 is 3.00 bits per heavy atom. The fraction of sp³-hybridized carbons (Fsp3) is 0.909. The Hall–Kier alpha value is -0.610. The van der Waals surface area contributed by atoms with Crippen LogP contribution in [-0.2, 0) is 4.79 Å². The summed E-state index contributed by atoms with van der Waals surface area (Å²) in [5.41, 5.74) is 0. The van der Waals surface area contributed by atoms with Gasteiger partial charge in [0.05, 0.1) is 0 Å². The first-order valence-corrected chi connectivity index (χ1v) is 5.83. The van der Waals surface area contributed by atoms with Crippen molar-refractivity contribution in [1.82, 2.24) is 10.2 Å². The molecule has 0 bridgehead atoms. The van der Waals surface area contributed by atoms with Gasteiger partial charge in [0.2, 0.25) is 5.91 Å². The minimum absolute atomic E-state index is 0.0331. The van der Waals surface area contributed by atoms with E-state index in [1.807, 2.05) is 0 Å². The summed E-state index contributed by atoms with van der Waals surface area (Å²) in [6, 6.07) is 0.512. The van der Waals surface area contributed by atoms with E-state index in [1.54, 1.807) is 6.92 Å². The van der Waals surface area contributed by atoms with Gasteiger partial charge in [-0.25, -0.2) is 0 Å². The van der Waals surface area contributed by atoms with Crippen LogP contribution >= 0.6 is 0 Å². The molecule has 1 saturated heterocycles. The van der Waals surface area contributed by atoms with Crippen LogP contribution in [0.15, 0.2) is 0 Å². The summed E-state index contributed by atoms with van der Waals surface area (Å²) in [4.78, 5) is 13.1. The summed E-state index contributed by atoms with van der Waals surface area (Å²) >= 11 is 0. The second-order valence-corrected chi connectivity index (χ2v) is 4.18. The standard InChI is InChI=1S/C11H22N2O2/c1-10(15)12-6-8-13-7-3-2-4-11(13)5-9-14/h11,14H,2-9H2,1H3,(H,12,15). The zero-order valence-corrected chi connectivity index (χ0v) is 9.54. The van der Waals surface area contributed by atoms with E-state index in [9.17, 15) is 4.79 Å². The van der Waals surface area contributed by atoms with E-state index in [-0.39, 0.29) is 12.5 Å². The molecule has 2 N–H and O–H groups in total. The van der Waals surface area contributed by atoms with Crippen LogP contribution in [-0.4, -0.2) is 48.2 Å². The molecule has 0 aromatic rings. The molecule has 0 aromatic heterocycles. The summed E-state index contributed by atoms with van der Waals surface area (Å²) < 4.78 is 0. The zero-order valence-electron chi connectivity index (χ0n) is 9.54. The molecule has 0 aliphatic carbocycles. The van der Waals surface area contributed by atoms with Gasteiger partial charge in [0.15, 0.2) is 0 Å². The Morgan fingerprint density at radius 1 is 1.53 bits per heavy atom. The summed E-state index contributed by atoms with van der Waals surface area (Å²) in [5.74, 6) is 0.0331. The first-order valence-electron chi connectivity index (χ1n) is 5.83. The largest absolute Gasteiger partial charge is 0.396 e. The molecule has 88 valence electrons. The SMILES string of the molecule is CC(=O)NCCN1CCCCC1CCO. The van der Waals surface area contributed by atoms with Crippen LogP contribution in [0.1, 0.15) is 32.6 Å². The Morgan fingerprint density at radius 2 is 2.33 bits per heavy atom. The molecule has 1 fully saturated rings. The highest BCUT2D eigenvalue weighted by molar-refractivity contribution is 5.72. The van der Waals surface area contributed by atoms with Gasteiger partial charge in [-0.1, -0.05) is 6.42 Å². The van der Waals surface area contributed by atoms with Crippen molar-refractivity contribution in [3.63, 3.8) is 0 Å². The molecule has 15 heavy (non-hydrogen) atoms. The lowest BCUT2D eigenvalue weighted by Crippen LogP contribution is -2.44. The number of carbonyl (C=O) groups is 1. The lowest BCUT2D eigenvalue weighted by Gasteiger charge is -2.35. The number of hydrogen-bond acceptors (Lipinski definition) is 3. The number of carbonyl (C=O) groups excluding carboxylic acids is 1. The quantitative estimate of drug-likeness (QED) is 0.695. The monoisotopic (exact) mass is 214 g/mol. The van der Waals surface area contributed by atoms with Crippen molar-refractivity contribution in [2.24, 2.45) is 0 Å². The van der Waals surface area contributed by atoms with Crippen LogP contribution < -0.4 is 5.32 Å². The highest BCUT2D eigenvalue weighted by Gasteiger charge is 2.20. The molecule has 0 saturated carbocycles. The minimum Gasteiger partial charge on any atom is -0.396 e. The highest BCUT2D eigenvalue weighted by atomic mass is 16.3. The third kappa shape index (κ3) is 4.62. The molecule has 1 aliphatic rings. The summed E-state index contributed by atoms with van der Waals surface area (Å²) in [6.07, 6.45) is 4.55. The van der Waals surface area contributed by atoms with Gasteiger partial charge in [-0.15, -0.1) is 0 Å². The van der Waals surface area contributed by atoms with Crippen LogP contribution in [0.2, 0.25) is 0 Å². The number of amides is 1. The van der Waals surface area contributed by atoms with Crippen LogP contribution in [0, 0.1) is 0 Å². The molecule has 0 radical (unpaired) electrons. The van der Waals surface area contributed by atoms with E-state index in [2.05, 4.69) is 10.2 Å². The summed E-state index contributed by atoms with van der Waals surface area (Å²) in [7, 11) is 0. The maximum Gasteiger partial charge on any atom is 0.216 e. The molecule has 1 aliphatic heterocycles. The topological polar surface area (TPSA) is 52.6 Å². The summed E-state index contributed by atoms with van der Waals surface area (Å²) in [6.45, 7) is 4.54. The van der Waals surface area contributed by atoms with Crippen LogP contribution in [0.4, 0.5) is 0 Å². The number of aliphatic hydroxyl groups is 1. The Labute approximate surface area is 91.6 Å². The van der Waals surface area contributed by atoms with Gasteiger partial charge in [0.25, 0.3) is 0 Å². The molecule has 1 unspecified atom stereocenters. The number of hydrogen-bond donors (Lipinski definition) is 2. The van der Waals surface area contributed by atoms with Crippen LogP contribution in [0.25, 0.3) is 0 Å². The van der Waals surface area contributed by atoms with Crippen molar-refractivity contribution >= 4 is 5.91 Å². The van der Waals surface area contributed by atoms with Crippen molar-refractivity contribution in [2.75, 3.05) is 26.2 Å². The van der Waals surface area contributed by atoms with Crippen molar-refractivity contribution in [1.29, 1.82) is 0 Å². The van der Waals surface area contributed by atoms with E-state index >= 15 is 0 Å². The predicted molar refractivity (Wildman–Crippen MR) is 59.6 cm³/mol. The maximum atomic E-state index is 10.7. The zero-order chi connectivity index (χ0) is 11.1. The van der Waals surface area contributed by atoms with E-state index in [0.717, 1.165) is 26.1 Å². The molecular formula is C11H22N2O2. The Kier molecular flexibility index (Phi) is 5.65. The van der Waals surface area contributed by atoms with E-state index in [4.69, 9.17) is 5.11 Å². The first kappa shape index (κ1) is 12.5. The maximum absolute atomic E-state index is 10.7. The first-order chi connectivity index (χ1) is 7.24. The number of nitrogens with zero attached hydrogens (tertiary/aromatic N) is 1. The number of piperidine rings is 1. The molecule has 1 amide bonds. The van der Waals surface area contributed by atoms with Crippen LogP contribution in [0.3, 0.4) is 0 Å². The van der Waals surface area contributed by atoms with Crippen molar-refractivity contribution in [3.8, 4) is 0 Å². The molecular weight excluding hydrogens is 192 g/mol. The Balaban J connectivity index is 2.25. The van der Waals surface area contributed by atoms with E-state index in [0.29, 0.717) is 6.04 Å². The second-order valence-electron chi connectivity index (χ2n) is 4.18. The predicted octanol–water partition coefficient (Wildman–Crippen LogP) is 0.359. The molecule has 4 heteroatoms. The fourth-order valence-corrected chi connectivity index (χ4v) is 2.21. The molecule has 1 atom stereocenters. The van der Waals surface area contributed by atoms with Crippen molar-refractivity contribution in [2.45, 2.75) is 38.6 Å². The Bertz CT molecular complexity index is 195. The fourth-order valence-electron chi connectivity index (χ4n) is 2.21.